The lowest BCUT2D eigenvalue weighted by Gasteiger charge is -2.15. The van der Waals surface area contributed by atoms with Crippen molar-refractivity contribution in [1.29, 1.82) is 0 Å². The van der Waals surface area contributed by atoms with E-state index in [1.807, 2.05) is 37.3 Å². The average Bonchev–Trinajstić information content (AvgIpc) is 2.75. The fraction of sp³-hybridized carbons (Fsp3) is 0.231. The molecule has 0 radical (unpaired) electrons. The fourth-order valence-electron chi connectivity index (χ4n) is 1.87. The van der Waals surface area contributed by atoms with Crippen LogP contribution in [0.3, 0.4) is 0 Å². The number of hydrazine groups is 1. The van der Waals surface area contributed by atoms with Gasteiger partial charge in [0.2, 0.25) is 0 Å². The van der Waals surface area contributed by atoms with Crippen molar-refractivity contribution in [2.45, 2.75) is 19.4 Å². The summed E-state index contributed by atoms with van der Waals surface area (Å²) >= 11 is 5.85. The van der Waals surface area contributed by atoms with Gasteiger partial charge >= 0.3 is 0 Å². The van der Waals surface area contributed by atoms with Gasteiger partial charge in [0, 0.05) is 10.6 Å². The summed E-state index contributed by atoms with van der Waals surface area (Å²) in [5.41, 5.74) is 5.08. The lowest BCUT2D eigenvalue weighted by atomic mass is 10.00. The molecule has 0 bridgehead atoms. The van der Waals surface area contributed by atoms with Gasteiger partial charge in [0.25, 0.3) is 0 Å². The Bertz CT molecular complexity index is 478. The van der Waals surface area contributed by atoms with Gasteiger partial charge in [0.15, 0.2) is 0 Å². The highest BCUT2D eigenvalue weighted by Gasteiger charge is 2.14. The van der Waals surface area contributed by atoms with Crippen LogP contribution in [0.15, 0.2) is 41.0 Å². The Hall–Kier alpha value is -1.29. The molecule has 1 aromatic heterocycles. The molecule has 0 fully saturated rings. The number of hydrogen-bond donors (Lipinski definition) is 2. The van der Waals surface area contributed by atoms with Crippen molar-refractivity contribution < 1.29 is 4.42 Å². The Morgan fingerprint density at radius 3 is 2.53 bits per heavy atom. The lowest BCUT2D eigenvalue weighted by molar-refractivity contribution is 0.502. The van der Waals surface area contributed by atoms with E-state index in [2.05, 4.69) is 5.43 Å². The van der Waals surface area contributed by atoms with Gasteiger partial charge in [-0.15, -0.1) is 0 Å². The van der Waals surface area contributed by atoms with E-state index in [4.69, 9.17) is 21.9 Å². The molecule has 1 aromatic carbocycles. The third kappa shape index (κ3) is 2.88. The molecule has 0 aliphatic heterocycles. The van der Waals surface area contributed by atoms with Crippen LogP contribution in [0.4, 0.5) is 0 Å². The molecule has 90 valence electrons. The molecule has 0 amide bonds. The van der Waals surface area contributed by atoms with Crippen LogP contribution in [-0.2, 0) is 6.42 Å². The quantitative estimate of drug-likeness (QED) is 0.648. The first-order valence-electron chi connectivity index (χ1n) is 5.45. The van der Waals surface area contributed by atoms with Crippen LogP contribution in [0.5, 0.6) is 0 Å². The first-order valence-corrected chi connectivity index (χ1v) is 5.83. The lowest BCUT2D eigenvalue weighted by Crippen LogP contribution is -2.29. The zero-order valence-electron chi connectivity index (χ0n) is 9.61. The molecule has 4 heteroatoms. The predicted molar refractivity (Wildman–Crippen MR) is 68.7 cm³/mol. The largest absolute Gasteiger partial charge is 0.469 e. The van der Waals surface area contributed by atoms with Crippen molar-refractivity contribution >= 4 is 11.6 Å². The monoisotopic (exact) mass is 250 g/mol. The molecular formula is C13H15ClN2O. The summed E-state index contributed by atoms with van der Waals surface area (Å²) in [6, 6.07) is 9.76. The molecule has 2 rings (SSSR count). The Morgan fingerprint density at radius 1 is 1.29 bits per heavy atom. The highest BCUT2D eigenvalue weighted by Crippen LogP contribution is 2.22. The minimum atomic E-state index is 0.0509. The van der Waals surface area contributed by atoms with E-state index in [0.717, 1.165) is 22.8 Å². The summed E-state index contributed by atoms with van der Waals surface area (Å²) in [4.78, 5) is 0. The summed E-state index contributed by atoms with van der Waals surface area (Å²) in [6.45, 7) is 1.93. The molecule has 1 atom stereocenters. The van der Waals surface area contributed by atoms with Gasteiger partial charge in [0.1, 0.15) is 5.76 Å². The van der Waals surface area contributed by atoms with Crippen LogP contribution < -0.4 is 11.3 Å². The Kier molecular flexibility index (Phi) is 3.84. The smallest absolute Gasteiger partial charge is 0.105 e. The van der Waals surface area contributed by atoms with Crippen molar-refractivity contribution in [2.24, 2.45) is 5.84 Å². The summed E-state index contributed by atoms with van der Waals surface area (Å²) in [5, 5.41) is 0.741. The van der Waals surface area contributed by atoms with Gasteiger partial charge in [-0.05, 0) is 37.1 Å². The zero-order valence-corrected chi connectivity index (χ0v) is 10.4. The van der Waals surface area contributed by atoms with Crippen LogP contribution in [0.1, 0.15) is 22.9 Å². The van der Waals surface area contributed by atoms with Crippen LogP contribution in [0.25, 0.3) is 0 Å². The van der Waals surface area contributed by atoms with E-state index < -0.39 is 0 Å². The molecule has 0 saturated carbocycles. The Balaban J connectivity index is 2.16. The van der Waals surface area contributed by atoms with E-state index in [1.54, 1.807) is 6.26 Å². The maximum Gasteiger partial charge on any atom is 0.105 e. The van der Waals surface area contributed by atoms with E-state index in [-0.39, 0.29) is 6.04 Å². The molecule has 0 saturated heterocycles. The van der Waals surface area contributed by atoms with E-state index >= 15 is 0 Å². The minimum absolute atomic E-state index is 0.0509. The Morgan fingerprint density at radius 2 is 2.00 bits per heavy atom. The molecule has 3 nitrogen and oxygen atoms in total. The average molecular weight is 251 g/mol. The number of rotatable bonds is 4. The third-order valence-corrected chi connectivity index (χ3v) is 3.08. The maximum absolute atomic E-state index is 5.85. The first-order chi connectivity index (χ1) is 8.20. The molecule has 0 spiro atoms. The second-order valence-electron chi connectivity index (χ2n) is 3.98. The van der Waals surface area contributed by atoms with Gasteiger partial charge in [0.05, 0.1) is 12.3 Å². The molecule has 17 heavy (non-hydrogen) atoms. The number of nitrogens with one attached hydrogen (secondary N) is 1. The Labute approximate surface area is 106 Å². The van der Waals surface area contributed by atoms with Crippen LogP contribution in [0.2, 0.25) is 5.02 Å². The topological polar surface area (TPSA) is 51.2 Å². The van der Waals surface area contributed by atoms with Crippen LogP contribution in [0, 0.1) is 6.92 Å². The molecule has 0 aliphatic carbocycles. The van der Waals surface area contributed by atoms with Crippen molar-refractivity contribution in [2.75, 3.05) is 0 Å². The standard InChI is InChI=1S/C13H15ClN2O/c1-9-12(6-7-17-9)13(16-15)8-10-2-4-11(14)5-3-10/h2-7,13,16H,8,15H2,1H3. The molecule has 2 aromatic rings. The van der Waals surface area contributed by atoms with Crippen LogP contribution >= 0.6 is 11.6 Å². The van der Waals surface area contributed by atoms with Crippen molar-refractivity contribution in [3.05, 3.63) is 58.5 Å². The predicted octanol–water partition coefficient (Wildman–Crippen LogP) is 2.99. The van der Waals surface area contributed by atoms with E-state index in [0.29, 0.717) is 0 Å². The normalized spacial score (nSPS) is 12.6. The van der Waals surface area contributed by atoms with E-state index in [1.165, 1.54) is 5.56 Å². The van der Waals surface area contributed by atoms with E-state index in [9.17, 15) is 0 Å². The molecule has 1 unspecified atom stereocenters. The van der Waals surface area contributed by atoms with Crippen molar-refractivity contribution in [3.8, 4) is 0 Å². The summed E-state index contributed by atoms with van der Waals surface area (Å²) in [7, 11) is 0. The van der Waals surface area contributed by atoms with Gasteiger partial charge in [-0.1, -0.05) is 23.7 Å². The molecule has 1 heterocycles. The first kappa shape index (κ1) is 12.2. The summed E-state index contributed by atoms with van der Waals surface area (Å²) in [6.07, 6.45) is 2.48. The van der Waals surface area contributed by atoms with Crippen molar-refractivity contribution in [1.82, 2.24) is 5.43 Å². The zero-order chi connectivity index (χ0) is 12.3. The number of furan rings is 1. The summed E-state index contributed by atoms with van der Waals surface area (Å²) < 4.78 is 5.29. The van der Waals surface area contributed by atoms with Crippen molar-refractivity contribution in [3.63, 3.8) is 0 Å². The van der Waals surface area contributed by atoms with Gasteiger partial charge in [-0.25, -0.2) is 0 Å². The fourth-order valence-corrected chi connectivity index (χ4v) is 2.00. The van der Waals surface area contributed by atoms with Gasteiger partial charge in [-0.3, -0.25) is 11.3 Å². The number of aryl methyl sites for hydroxylation is 1. The highest BCUT2D eigenvalue weighted by molar-refractivity contribution is 6.30. The molecular weight excluding hydrogens is 236 g/mol. The van der Waals surface area contributed by atoms with Crippen LogP contribution in [-0.4, -0.2) is 0 Å². The maximum atomic E-state index is 5.85. The summed E-state index contributed by atoms with van der Waals surface area (Å²) in [5.74, 6) is 6.48. The van der Waals surface area contributed by atoms with Gasteiger partial charge in [-0.2, -0.15) is 0 Å². The number of halogens is 1. The number of hydrogen-bond acceptors (Lipinski definition) is 3. The SMILES string of the molecule is Cc1occc1C(Cc1ccc(Cl)cc1)NN. The highest BCUT2D eigenvalue weighted by atomic mass is 35.5. The third-order valence-electron chi connectivity index (χ3n) is 2.83. The molecule has 3 N–H and O–H groups in total. The second-order valence-corrected chi connectivity index (χ2v) is 4.42. The number of benzene rings is 1. The number of nitrogens with two attached hydrogens (primary N) is 1. The minimum Gasteiger partial charge on any atom is -0.469 e. The van der Waals surface area contributed by atoms with Gasteiger partial charge < -0.3 is 4.42 Å². The molecule has 0 aliphatic rings. The second kappa shape index (κ2) is 5.36.